The fourth-order valence-corrected chi connectivity index (χ4v) is 2.50. The van der Waals surface area contributed by atoms with Gasteiger partial charge in [0.05, 0.1) is 6.61 Å². The Hall–Kier alpha value is -1.39. The minimum Gasteiger partial charge on any atom is -0.465 e. The number of carbonyl (C=O) groups excluding carboxylic acids is 1. The Balaban J connectivity index is 2.03. The Labute approximate surface area is 120 Å². The third-order valence-electron chi connectivity index (χ3n) is 3.42. The second-order valence-electron chi connectivity index (χ2n) is 5.78. The normalized spacial score (nSPS) is 25.4. The molecule has 0 bridgehead atoms. The summed E-state index contributed by atoms with van der Waals surface area (Å²) in [6.07, 6.45) is 10.6. The molecule has 0 aromatic carbocycles. The molecule has 1 fully saturated rings. The molecule has 1 heterocycles. The first-order valence-electron chi connectivity index (χ1n) is 7.06. The van der Waals surface area contributed by atoms with E-state index in [2.05, 4.69) is 43.1 Å². The van der Waals surface area contributed by atoms with Crippen LogP contribution < -0.4 is 0 Å². The number of nitrogens with zero attached hydrogens (tertiary/aromatic N) is 1. The van der Waals surface area contributed by atoms with E-state index in [-0.39, 0.29) is 17.6 Å². The summed E-state index contributed by atoms with van der Waals surface area (Å²) < 4.78 is 10.9. The van der Waals surface area contributed by atoms with Crippen molar-refractivity contribution in [1.82, 2.24) is 4.90 Å². The maximum Gasteiger partial charge on any atom is 0.302 e. The Morgan fingerprint density at radius 2 is 2.30 bits per heavy atom. The molecule has 0 aromatic rings. The summed E-state index contributed by atoms with van der Waals surface area (Å²) >= 11 is 0. The van der Waals surface area contributed by atoms with Crippen molar-refractivity contribution < 1.29 is 14.3 Å². The molecule has 4 nitrogen and oxygen atoms in total. The smallest absolute Gasteiger partial charge is 0.302 e. The van der Waals surface area contributed by atoms with E-state index in [9.17, 15) is 4.79 Å². The fraction of sp³-hybridized carbons (Fsp3) is 0.562. The number of allylic oxidation sites excluding steroid dienone is 4. The van der Waals surface area contributed by atoms with Crippen LogP contribution in [0.1, 0.15) is 20.8 Å². The third kappa shape index (κ3) is 4.05. The van der Waals surface area contributed by atoms with Crippen LogP contribution in [-0.2, 0) is 14.3 Å². The van der Waals surface area contributed by atoms with Gasteiger partial charge in [0.2, 0.25) is 0 Å². The summed E-state index contributed by atoms with van der Waals surface area (Å²) in [4.78, 5) is 13.0. The Morgan fingerprint density at radius 1 is 1.50 bits per heavy atom. The summed E-state index contributed by atoms with van der Waals surface area (Å²) in [5.74, 6) is -0.236. The van der Waals surface area contributed by atoms with Gasteiger partial charge in [-0.15, -0.1) is 0 Å². The molecule has 0 radical (unpaired) electrons. The van der Waals surface area contributed by atoms with Crippen LogP contribution in [0, 0.1) is 5.41 Å². The highest BCUT2D eigenvalue weighted by molar-refractivity contribution is 5.65. The monoisotopic (exact) mass is 277 g/mol. The highest BCUT2D eigenvalue weighted by atomic mass is 16.5. The van der Waals surface area contributed by atoms with Crippen molar-refractivity contribution in [2.45, 2.75) is 27.0 Å². The van der Waals surface area contributed by atoms with Crippen LogP contribution in [-0.4, -0.2) is 43.4 Å². The molecule has 110 valence electrons. The number of ether oxygens (including phenoxy) is 2. The van der Waals surface area contributed by atoms with Crippen molar-refractivity contribution in [3.05, 3.63) is 36.0 Å². The molecule has 1 unspecified atom stereocenters. The molecule has 1 aliphatic carbocycles. The summed E-state index contributed by atoms with van der Waals surface area (Å²) in [6, 6.07) is 0. The Kier molecular flexibility index (Phi) is 4.78. The lowest BCUT2D eigenvalue weighted by atomic mass is 9.91. The summed E-state index contributed by atoms with van der Waals surface area (Å²) in [5, 5.41) is 0. The predicted molar refractivity (Wildman–Crippen MR) is 78.1 cm³/mol. The van der Waals surface area contributed by atoms with E-state index < -0.39 is 0 Å². The molecule has 0 spiro atoms. The van der Waals surface area contributed by atoms with Gasteiger partial charge in [0.15, 0.2) is 0 Å². The van der Waals surface area contributed by atoms with Crippen molar-refractivity contribution in [2.24, 2.45) is 5.41 Å². The van der Waals surface area contributed by atoms with Gasteiger partial charge in [0, 0.05) is 25.4 Å². The second-order valence-corrected chi connectivity index (χ2v) is 5.78. The van der Waals surface area contributed by atoms with Gasteiger partial charge < -0.3 is 9.47 Å². The molecule has 2 rings (SSSR count). The fourth-order valence-electron chi connectivity index (χ4n) is 2.50. The lowest BCUT2D eigenvalue weighted by molar-refractivity contribution is -0.141. The van der Waals surface area contributed by atoms with Crippen molar-refractivity contribution in [1.29, 1.82) is 0 Å². The molecule has 1 atom stereocenters. The largest absolute Gasteiger partial charge is 0.465 e. The zero-order chi connectivity index (χ0) is 14.6. The molecule has 0 saturated carbocycles. The molecule has 4 heteroatoms. The Bertz CT molecular complexity index is 449. The van der Waals surface area contributed by atoms with E-state index in [0.29, 0.717) is 19.8 Å². The highest BCUT2D eigenvalue weighted by Crippen LogP contribution is 2.28. The van der Waals surface area contributed by atoms with E-state index >= 15 is 0 Å². The molecule has 1 saturated heterocycles. The van der Waals surface area contributed by atoms with Gasteiger partial charge in [0.1, 0.15) is 12.8 Å². The van der Waals surface area contributed by atoms with Gasteiger partial charge in [-0.2, -0.15) is 0 Å². The maximum atomic E-state index is 10.8. The number of esters is 1. The van der Waals surface area contributed by atoms with Crippen LogP contribution in [0.15, 0.2) is 36.0 Å². The average molecular weight is 277 g/mol. The topological polar surface area (TPSA) is 38.8 Å². The molecule has 20 heavy (non-hydrogen) atoms. The summed E-state index contributed by atoms with van der Waals surface area (Å²) in [5.41, 5.74) is 1.19. The van der Waals surface area contributed by atoms with Crippen LogP contribution >= 0.6 is 0 Å². The summed E-state index contributed by atoms with van der Waals surface area (Å²) in [7, 11) is 0. The van der Waals surface area contributed by atoms with Crippen LogP contribution in [0.4, 0.5) is 0 Å². The van der Waals surface area contributed by atoms with E-state index in [0.717, 1.165) is 6.54 Å². The molecular weight excluding hydrogens is 254 g/mol. The van der Waals surface area contributed by atoms with Crippen molar-refractivity contribution in [3.8, 4) is 0 Å². The van der Waals surface area contributed by atoms with E-state index in [1.807, 2.05) is 6.08 Å². The lowest BCUT2D eigenvalue weighted by Gasteiger charge is -2.25. The van der Waals surface area contributed by atoms with Crippen molar-refractivity contribution in [2.75, 3.05) is 26.3 Å². The molecule has 1 aliphatic heterocycles. The predicted octanol–water partition coefficient (Wildman–Crippen LogP) is 2.29. The van der Waals surface area contributed by atoms with Crippen LogP contribution in [0.2, 0.25) is 0 Å². The SMILES string of the molecule is CC(=O)OCCN1CCOC1C1=CC(C)(C)C=CC=C1. The third-order valence-corrected chi connectivity index (χ3v) is 3.42. The highest BCUT2D eigenvalue weighted by Gasteiger charge is 2.29. The molecule has 2 aliphatic rings. The van der Waals surface area contributed by atoms with Crippen LogP contribution in [0.3, 0.4) is 0 Å². The molecule has 0 aromatic heterocycles. The Morgan fingerprint density at radius 3 is 3.05 bits per heavy atom. The minimum atomic E-state index is -0.236. The van der Waals surface area contributed by atoms with Gasteiger partial charge in [-0.1, -0.05) is 44.2 Å². The molecular formula is C16H23NO3. The van der Waals surface area contributed by atoms with Gasteiger partial charge in [0.25, 0.3) is 0 Å². The zero-order valence-electron chi connectivity index (χ0n) is 12.5. The van der Waals surface area contributed by atoms with Gasteiger partial charge in [-0.25, -0.2) is 0 Å². The van der Waals surface area contributed by atoms with Gasteiger partial charge in [-0.05, 0) is 5.57 Å². The first-order chi connectivity index (χ1) is 9.48. The van der Waals surface area contributed by atoms with Crippen LogP contribution in [0.5, 0.6) is 0 Å². The summed E-state index contributed by atoms with van der Waals surface area (Å²) in [6.45, 7) is 8.47. The second kappa shape index (κ2) is 6.37. The quantitative estimate of drug-likeness (QED) is 0.739. The minimum absolute atomic E-state index is 0.0202. The number of hydrogen-bond acceptors (Lipinski definition) is 4. The zero-order valence-corrected chi connectivity index (χ0v) is 12.5. The van der Waals surface area contributed by atoms with E-state index in [1.165, 1.54) is 12.5 Å². The number of rotatable bonds is 4. The van der Waals surface area contributed by atoms with Crippen LogP contribution in [0.25, 0.3) is 0 Å². The standard InChI is InChI=1S/C16H23NO3/c1-13(18)19-10-8-17-9-11-20-15(17)14-6-4-5-7-16(2,3)12-14/h4-7,12,15H,8-11H2,1-3H3. The first-order valence-corrected chi connectivity index (χ1v) is 7.06. The number of hydrogen-bond donors (Lipinski definition) is 0. The van der Waals surface area contributed by atoms with Gasteiger partial charge in [-0.3, -0.25) is 9.69 Å². The number of carbonyl (C=O) groups is 1. The van der Waals surface area contributed by atoms with Gasteiger partial charge >= 0.3 is 5.97 Å². The average Bonchev–Trinajstić information content (AvgIpc) is 2.73. The van der Waals surface area contributed by atoms with E-state index in [4.69, 9.17) is 9.47 Å². The molecule has 0 amide bonds. The van der Waals surface area contributed by atoms with Crippen molar-refractivity contribution in [3.63, 3.8) is 0 Å². The van der Waals surface area contributed by atoms with Crippen molar-refractivity contribution >= 4 is 5.97 Å². The molecule has 0 N–H and O–H groups in total. The van der Waals surface area contributed by atoms with E-state index in [1.54, 1.807) is 0 Å². The maximum absolute atomic E-state index is 10.8. The first kappa shape index (κ1) is 15.0. The lowest BCUT2D eigenvalue weighted by Crippen LogP contribution is -2.35.